The average molecular weight is 369 g/mol. The zero-order chi connectivity index (χ0) is 19.1. The predicted octanol–water partition coefficient (Wildman–Crippen LogP) is 7.36. The van der Waals surface area contributed by atoms with Gasteiger partial charge in [0.15, 0.2) is 0 Å². The van der Waals surface area contributed by atoms with Crippen molar-refractivity contribution in [3.05, 3.63) is 0 Å². The molecule has 2 heteroatoms. The van der Waals surface area contributed by atoms with Crippen LogP contribution in [0.3, 0.4) is 0 Å². The minimum Gasteiger partial charge on any atom is -0.327 e. The van der Waals surface area contributed by atoms with E-state index in [1.54, 1.807) is 0 Å². The first-order valence-corrected chi connectivity index (χ1v) is 12.2. The minimum atomic E-state index is 0.287. The maximum atomic E-state index is 5.71. The van der Waals surface area contributed by atoms with Crippen molar-refractivity contribution < 1.29 is 0 Å². The summed E-state index contributed by atoms with van der Waals surface area (Å²) in [5, 5.41) is 3.42. The summed E-state index contributed by atoms with van der Waals surface area (Å²) in [6, 6.07) is 0.287. The van der Waals surface area contributed by atoms with Crippen LogP contribution in [0.4, 0.5) is 0 Å². The first-order chi connectivity index (χ1) is 12.8. The topological polar surface area (TPSA) is 38.0 Å². The quantitative estimate of drug-likeness (QED) is 0.196. The Morgan fingerprint density at radius 2 is 0.846 bits per heavy atom. The SMILES string of the molecule is CCCCCCCCCCCCCCCCCCCCCNCC(C)N. The summed E-state index contributed by atoms with van der Waals surface area (Å²) in [6.45, 7) is 6.45. The summed E-state index contributed by atoms with van der Waals surface area (Å²) in [4.78, 5) is 0. The lowest BCUT2D eigenvalue weighted by Gasteiger charge is -2.07. The molecule has 1 atom stereocenters. The normalized spacial score (nSPS) is 12.6. The molecule has 0 spiro atoms. The molecule has 0 aromatic heterocycles. The van der Waals surface area contributed by atoms with Gasteiger partial charge in [-0.3, -0.25) is 0 Å². The van der Waals surface area contributed by atoms with E-state index in [0.29, 0.717) is 0 Å². The molecule has 2 nitrogen and oxygen atoms in total. The Balaban J connectivity index is 2.97. The molecule has 0 aromatic rings. The molecular formula is C24H52N2. The number of hydrogen-bond acceptors (Lipinski definition) is 2. The van der Waals surface area contributed by atoms with Gasteiger partial charge in [0.2, 0.25) is 0 Å². The van der Waals surface area contributed by atoms with Crippen LogP contribution in [0.15, 0.2) is 0 Å². The van der Waals surface area contributed by atoms with E-state index in [9.17, 15) is 0 Å². The molecule has 158 valence electrons. The minimum absolute atomic E-state index is 0.287. The van der Waals surface area contributed by atoms with Gasteiger partial charge in [0.1, 0.15) is 0 Å². The molecular weight excluding hydrogens is 316 g/mol. The smallest absolute Gasteiger partial charge is 0.0136 e. The summed E-state index contributed by atoms with van der Waals surface area (Å²) in [6.07, 6.45) is 27.5. The van der Waals surface area contributed by atoms with Gasteiger partial charge in [-0.15, -0.1) is 0 Å². The zero-order valence-corrected chi connectivity index (χ0v) is 18.5. The van der Waals surface area contributed by atoms with E-state index in [1.807, 2.05) is 0 Å². The van der Waals surface area contributed by atoms with Crippen molar-refractivity contribution in [1.82, 2.24) is 5.32 Å². The highest BCUT2D eigenvalue weighted by molar-refractivity contribution is 4.57. The van der Waals surface area contributed by atoms with Crippen molar-refractivity contribution >= 4 is 0 Å². The molecule has 0 rings (SSSR count). The van der Waals surface area contributed by atoms with Crippen LogP contribution in [-0.4, -0.2) is 19.1 Å². The molecule has 0 aliphatic heterocycles. The molecule has 0 fully saturated rings. The van der Waals surface area contributed by atoms with Gasteiger partial charge in [-0.1, -0.05) is 122 Å². The maximum absolute atomic E-state index is 5.71. The van der Waals surface area contributed by atoms with Crippen molar-refractivity contribution in [2.24, 2.45) is 5.73 Å². The summed E-state index contributed by atoms with van der Waals surface area (Å²) in [5.74, 6) is 0. The third-order valence-electron chi connectivity index (χ3n) is 5.42. The lowest BCUT2D eigenvalue weighted by molar-refractivity contribution is 0.518. The Morgan fingerprint density at radius 3 is 1.15 bits per heavy atom. The van der Waals surface area contributed by atoms with E-state index in [0.717, 1.165) is 13.1 Å². The fourth-order valence-corrected chi connectivity index (χ4v) is 3.66. The summed E-state index contributed by atoms with van der Waals surface area (Å²) >= 11 is 0. The third-order valence-corrected chi connectivity index (χ3v) is 5.42. The molecule has 0 amide bonds. The van der Waals surface area contributed by atoms with E-state index >= 15 is 0 Å². The van der Waals surface area contributed by atoms with Gasteiger partial charge in [-0.05, 0) is 19.9 Å². The molecule has 0 heterocycles. The van der Waals surface area contributed by atoms with Crippen molar-refractivity contribution in [3.8, 4) is 0 Å². The molecule has 26 heavy (non-hydrogen) atoms. The predicted molar refractivity (Wildman–Crippen MR) is 120 cm³/mol. The van der Waals surface area contributed by atoms with Gasteiger partial charge in [-0.25, -0.2) is 0 Å². The number of unbranched alkanes of at least 4 members (excludes halogenated alkanes) is 18. The van der Waals surface area contributed by atoms with Crippen molar-refractivity contribution in [2.45, 2.75) is 142 Å². The van der Waals surface area contributed by atoms with Crippen LogP contribution in [0.5, 0.6) is 0 Å². The van der Waals surface area contributed by atoms with Crippen LogP contribution in [0.1, 0.15) is 136 Å². The highest BCUT2D eigenvalue weighted by Gasteiger charge is 1.96. The van der Waals surface area contributed by atoms with E-state index < -0.39 is 0 Å². The van der Waals surface area contributed by atoms with Crippen molar-refractivity contribution in [1.29, 1.82) is 0 Å². The van der Waals surface area contributed by atoms with Gasteiger partial charge >= 0.3 is 0 Å². The average Bonchev–Trinajstić information content (AvgIpc) is 2.62. The Bertz CT molecular complexity index is 240. The van der Waals surface area contributed by atoms with E-state index in [2.05, 4.69) is 19.2 Å². The van der Waals surface area contributed by atoms with Crippen LogP contribution in [0.25, 0.3) is 0 Å². The van der Waals surface area contributed by atoms with Crippen molar-refractivity contribution in [2.75, 3.05) is 13.1 Å². The summed E-state index contributed by atoms with van der Waals surface area (Å²) < 4.78 is 0. The van der Waals surface area contributed by atoms with Crippen LogP contribution >= 0.6 is 0 Å². The van der Waals surface area contributed by atoms with E-state index in [-0.39, 0.29) is 6.04 Å². The maximum Gasteiger partial charge on any atom is 0.0136 e. The standard InChI is InChI=1S/C24H52N2/c1-3-4-5-6-7-8-9-10-11-12-13-14-15-16-17-18-19-20-21-22-26-23-24(2)25/h24,26H,3-23,25H2,1-2H3. The molecule has 0 aliphatic rings. The molecule has 0 aliphatic carbocycles. The van der Waals surface area contributed by atoms with Gasteiger partial charge in [0, 0.05) is 12.6 Å². The Morgan fingerprint density at radius 1 is 0.538 bits per heavy atom. The van der Waals surface area contributed by atoms with Gasteiger partial charge < -0.3 is 11.1 Å². The van der Waals surface area contributed by atoms with Crippen LogP contribution in [0, 0.1) is 0 Å². The first-order valence-electron chi connectivity index (χ1n) is 12.2. The molecule has 0 aromatic carbocycles. The second kappa shape index (κ2) is 23.0. The molecule has 0 saturated carbocycles. The Hall–Kier alpha value is -0.0800. The van der Waals surface area contributed by atoms with Gasteiger partial charge in [-0.2, -0.15) is 0 Å². The number of hydrogen-bond donors (Lipinski definition) is 2. The molecule has 3 N–H and O–H groups in total. The largest absolute Gasteiger partial charge is 0.327 e. The second-order valence-electron chi connectivity index (χ2n) is 8.55. The lowest BCUT2D eigenvalue weighted by atomic mass is 10.0. The van der Waals surface area contributed by atoms with E-state index in [1.165, 1.54) is 122 Å². The van der Waals surface area contributed by atoms with Crippen molar-refractivity contribution in [3.63, 3.8) is 0 Å². The molecule has 0 saturated heterocycles. The van der Waals surface area contributed by atoms with Gasteiger partial charge in [0.05, 0.1) is 0 Å². The number of nitrogens with one attached hydrogen (secondary N) is 1. The van der Waals surface area contributed by atoms with Gasteiger partial charge in [0.25, 0.3) is 0 Å². The second-order valence-corrected chi connectivity index (χ2v) is 8.55. The molecule has 0 bridgehead atoms. The van der Waals surface area contributed by atoms with E-state index in [4.69, 9.17) is 5.73 Å². The highest BCUT2D eigenvalue weighted by Crippen LogP contribution is 2.14. The number of rotatable bonds is 22. The molecule has 0 radical (unpaired) electrons. The zero-order valence-electron chi connectivity index (χ0n) is 18.5. The van der Waals surface area contributed by atoms with Crippen LogP contribution in [-0.2, 0) is 0 Å². The fraction of sp³-hybridized carbons (Fsp3) is 1.00. The third kappa shape index (κ3) is 23.9. The summed E-state index contributed by atoms with van der Waals surface area (Å²) in [7, 11) is 0. The Labute approximate surface area is 166 Å². The summed E-state index contributed by atoms with van der Waals surface area (Å²) in [5.41, 5.74) is 5.71. The Kier molecular flexibility index (Phi) is 22.9. The molecule has 1 unspecified atom stereocenters. The first kappa shape index (κ1) is 25.9. The fourth-order valence-electron chi connectivity index (χ4n) is 3.66. The van der Waals surface area contributed by atoms with Crippen LogP contribution in [0.2, 0.25) is 0 Å². The lowest BCUT2D eigenvalue weighted by Crippen LogP contribution is -2.31. The highest BCUT2D eigenvalue weighted by atomic mass is 14.9. The van der Waals surface area contributed by atoms with Crippen LogP contribution < -0.4 is 11.1 Å². The monoisotopic (exact) mass is 368 g/mol. The number of nitrogens with two attached hydrogens (primary N) is 1.